The van der Waals surface area contributed by atoms with Gasteiger partial charge in [-0.25, -0.2) is 4.39 Å². The van der Waals surface area contributed by atoms with Crippen LogP contribution in [0, 0.1) is 5.82 Å². The maximum atomic E-state index is 13.2. The van der Waals surface area contributed by atoms with E-state index in [0.29, 0.717) is 24.4 Å². The summed E-state index contributed by atoms with van der Waals surface area (Å²) in [6.07, 6.45) is 1.03. The van der Waals surface area contributed by atoms with Crippen molar-refractivity contribution in [1.82, 2.24) is 10.2 Å². The zero-order valence-corrected chi connectivity index (χ0v) is 18.2. The first-order valence-electron chi connectivity index (χ1n) is 9.60. The molecule has 7 heteroatoms. The largest absolute Gasteiger partial charge is 0.355 e. The van der Waals surface area contributed by atoms with Crippen LogP contribution < -0.4 is 5.32 Å². The van der Waals surface area contributed by atoms with E-state index in [0.717, 1.165) is 16.2 Å². The summed E-state index contributed by atoms with van der Waals surface area (Å²) < 4.78 is 13.2. The molecule has 156 valence electrons. The van der Waals surface area contributed by atoms with Gasteiger partial charge in [0, 0.05) is 29.4 Å². The van der Waals surface area contributed by atoms with Crippen LogP contribution in [0.25, 0.3) is 0 Å². The van der Waals surface area contributed by atoms with E-state index in [9.17, 15) is 14.0 Å². The molecule has 1 N–H and O–H groups in total. The topological polar surface area (TPSA) is 49.4 Å². The third-order valence-electron chi connectivity index (χ3n) is 4.40. The number of hydrogen-bond acceptors (Lipinski definition) is 3. The number of amides is 2. The highest BCUT2D eigenvalue weighted by molar-refractivity contribution is 7.99. The van der Waals surface area contributed by atoms with E-state index in [1.807, 2.05) is 31.2 Å². The molecule has 2 aromatic rings. The zero-order valence-electron chi connectivity index (χ0n) is 16.7. The van der Waals surface area contributed by atoms with E-state index in [-0.39, 0.29) is 24.2 Å². The summed E-state index contributed by atoms with van der Waals surface area (Å²) in [5.74, 6) is 0.165. The first-order valence-corrected chi connectivity index (χ1v) is 11.0. The Hall–Kier alpha value is -2.05. The van der Waals surface area contributed by atoms with Gasteiger partial charge in [0.1, 0.15) is 11.9 Å². The molecule has 0 aliphatic heterocycles. The number of halogens is 2. The van der Waals surface area contributed by atoms with Crippen molar-refractivity contribution in [2.45, 2.75) is 44.2 Å². The zero-order chi connectivity index (χ0) is 21.2. The van der Waals surface area contributed by atoms with E-state index in [4.69, 9.17) is 11.6 Å². The van der Waals surface area contributed by atoms with Gasteiger partial charge >= 0.3 is 0 Å². The predicted octanol–water partition coefficient (Wildman–Crippen LogP) is 4.90. The molecule has 0 bridgehead atoms. The molecular weight excluding hydrogens is 411 g/mol. The molecule has 0 aromatic heterocycles. The van der Waals surface area contributed by atoms with Crippen LogP contribution in [-0.2, 0) is 16.1 Å². The molecule has 2 amide bonds. The highest BCUT2D eigenvalue weighted by Gasteiger charge is 2.25. The van der Waals surface area contributed by atoms with Crippen LogP contribution in [0.1, 0.15) is 32.3 Å². The maximum absolute atomic E-state index is 13.2. The summed E-state index contributed by atoms with van der Waals surface area (Å²) >= 11 is 7.55. The molecule has 4 nitrogen and oxygen atoms in total. The van der Waals surface area contributed by atoms with Crippen LogP contribution in [0.2, 0.25) is 5.02 Å². The van der Waals surface area contributed by atoms with E-state index in [1.54, 1.807) is 35.7 Å². The van der Waals surface area contributed by atoms with Crippen LogP contribution in [0.3, 0.4) is 0 Å². The van der Waals surface area contributed by atoms with E-state index in [1.165, 1.54) is 12.1 Å². The van der Waals surface area contributed by atoms with Crippen LogP contribution in [0.5, 0.6) is 0 Å². The van der Waals surface area contributed by atoms with Crippen LogP contribution >= 0.6 is 23.4 Å². The summed E-state index contributed by atoms with van der Waals surface area (Å²) in [4.78, 5) is 27.8. The minimum Gasteiger partial charge on any atom is -0.355 e. The molecular formula is C22H26ClFN2O2S. The Morgan fingerprint density at radius 1 is 1.14 bits per heavy atom. The molecule has 0 spiro atoms. The molecule has 0 heterocycles. The Kier molecular flexibility index (Phi) is 9.48. The molecule has 0 radical (unpaired) electrons. The summed E-state index contributed by atoms with van der Waals surface area (Å²) in [5, 5.41) is 3.46. The van der Waals surface area contributed by atoms with Crippen molar-refractivity contribution in [3.63, 3.8) is 0 Å². The molecule has 0 unspecified atom stereocenters. The quantitative estimate of drug-likeness (QED) is 0.425. The van der Waals surface area contributed by atoms with Gasteiger partial charge in [-0.2, -0.15) is 0 Å². The number of hydrogen-bond donors (Lipinski definition) is 1. The molecule has 1 atom stereocenters. The highest BCUT2D eigenvalue weighted by atomic mass is 35.5. The Morgan fingerprint density at radius 2 is 1.79 bits per heavy atom. The lowest BCUT2D eigenvalue weighted by Crippen LogP contribution is -2.47. The monoisotopic (exact) mass is 436 g/mol. The summed E-state index contributed by atoms with van der Waals surface area (Å²) in [6.45, 7) is 4.32. The lowest BCUT2D eigenvalue weighted by Gasteiger charge is -2.28. The fraction of sp³-hybridized carbons (Fsp3) is 0.364. The van der Waals surface area contributed by atoms with Crippen molar-refractivity contribution in [2.75, 3.05) is 12.3 Å². The SMILES string of the molecule is CCNC(=O)[C@H](C)N(Cc1ccc(F)cc1)C(=O)CCCSc1ccc(Cl)cc1. The Morgan fingerprint density at radius 3 is 2.41 bits per heavy atom. The number of carbonyl (C=O) groups is 2. The van der Waals surface area contributed by atoms with Gasteiger partial charge in [-0.3, -0.25) is 9.59 Å². The molecule has 0 aliphatic rings. The summed E-state index contributed by atoms with van der Waals surface area (Å²) in [7, 11) is 0. The van der Waals surface area contributed by atoms with Gasteiger partial charge in [0.15, 0.2) is 0 Å². The number of carbonyl (C=O) groups excluding carboxylic acids is 2. The van der Waals surface area contributed by atoms with E-state index in [2.05, 4.69) is 5.32 Å². The molecule has 0 aliphatic carbocycles. The highest BCUT2D eigenvalue weighted by Crippen LogP contribution is 2.22. The smallest absolute Gasteiger partial charge is 0.242 e. The second kappa shape index (κ2) is 11.8. The molecule has 29 heavy (non-hydrogen) atoms. The number of nitrogens with one attached hydrogen (secondary N) is 1. The van der Waals surface area contributed by atoms with Crippen molar-refractivity contribution in [1.29, 1.82) is 0 Å². The standard InChI is InChI=1S/C22H26ClFN2O2S/c1-3-25-22(28)16(2)26(15-17-6-10-19(24)11-7-17)21(27)5-4-14-29-20-12-8-18(23)9-13-20/h6-13,16H,3-5,14-15H2,1-2H3,(H,25,28)/t16-/m0/s1. The molecule has 0 fully saturated rings. The third kappa shape index (κ3) is 7.71. The van der Waals surface area contributed by atoms with Gasteiger partial charge in [-0.05, 0) is 68.0 Å². The Bertz CT molecular complexity index is 799. The van der Waals surface area contributed by atoms with Crippen LogP contribution in [-0.4, -0.2) is 35.1 Å². The normalized spacial score (nSPS) is 11.7. The van der Waals surface area contributed by atoms with E-state index >= 15 is 0 Å². The number of nitrogens with zero attached hydrogens (tertiary/aromatic N) is 1. The second-order valence-electron chi connectivity index (χ2n) is 6.62. The second-order valence-corrected chi connectivity index (χ2v) is 8.23. The minimum atomic E-state index is -0.601. The summed E-state index contributed by atoms with van der Waals surface area (Å²) in [6, 6.07) is 13.0. The first-order chi connectivity index (χ1) is 13.9. The molecule has 2 rings (SSSR count). The minimum absolute atomic E-state index is 0.0928. The van der Waals surface area contributed by atoms with Crippen LogP contribution in [0.4, 0.5) is 4.39 Å². The lowest BCUT2D eigenvalue weighted by atomic mass is 10.1. The summed E-state index contributed by atoms with van der Waals surface area (Å²) in [5.41, 5.74) is 0.784. The fourth-order valence-corrected chi connectivity index (χ4v) is 3.76. The average molecular weight is 437 g/mol. The van der Waals surface area contributed by atoms with Gasteiger partial charge in [0.05, 0.1) is 0 Å². The van der Waals surface area contributed by atoms with Gasteiger partial charge in [-0.1, -0.05) is 23.7 Å². The third-order valence-corrected chi connectivity index (χ3v) is 5.75. The Balaban J connectivity index is 1.96. The number of benzene rings is 2. The molecule has 0 saturated carbocycles. The first kappa shape index (κ1) is 23.2. The van der Waals surface area contributed by atoms with Gasteiger partial charge in [-0.15, -0.1) is 11.8 Å². The van der Waals surface area contributed by atoms with Crippen molar-refractivity contribution < 1.29 is 14.0 Å². The van der Waals surface area contributed by atoms with Gasteiger partial charge < -0.3 is 10.2 Å². The van der Waals surface area contributed by atoms with Crippen LogP contribution in [0.15, 0.2) is 53.4 Å². The van der Waals surface area contributed by atoms with Gasteiger partial charge in [0.2, 0.25) is 11.8 Å². The number of rotatable bonds is 10. The van der Waals surface area contributed by atoms with Crippen molar-refractivity contribution in [2.24, 2.45) is 0 Å². The predicted molar refractivity (Wildman–Crippen MR) is 117 cm³/mol. The fourth-order valence-electron chi connectivity index (χ4n) is 2.78. The van der Waals surface area contributed by atoms with E-state index < -0.39 is 6.04 Å². The van der Waals surface area contributed by atoms with Crippen molar-refractivity contribution >= 4 is 35.2 Å². The van der Waals surface area contributed by atoms with Crippen molar-refractivity contribution in [3.05, 3.63) is 64.9 Å². The van der Waals surface area contributed by atoms with Gasteiger partial charge in [0.25, 0.3) is 0 Å². The van der Waals surface area contributed by atoms with Crippen molar-refractivity contribution in [3.8, 4) is 0 Å². The lowest BCUT2D eigenvalue weighted by molar-refractivity contribution is -0.140. The Labute approximate surface area is 180 Å². The number of thioether (sulfide) groups is 1. The molecule has 2 aromatic carbocycles. The molecule has 0 saturated heterocycles. The number of likely N-dealkylation sites (N-methyl/N-ethyl adjacent to an activating group) is 1. The maximum Gasteiger partial charge on any atom is 0.242 e. The average Bonchev–Trinajstić information content (AvgIpc) is 2.71.